The van der Waals surface area contributed by atoms with Gasteiger partial charge in [-0.2, -0.15) is 0 Å². The molecule has 17 heavy (non-hydrogen) atoms. The van der Waals surface area contributed by atoms with Crippen LogP contribution in [0.5, 0.6) is 0 Å². The van der Waals surface area contributed by atoms with E-state index in [2.05, 4.69) is 20.5 Å². The fourth-order valence-electron chi connectivity index (χ4n) is 1.61. The summed E-state index contributed by atoms with van der Waals surface area (Å²) in [7, 11) is 0. The standard InChI is InChI=1S/C11H17N5O/c1-4-17-7-8(2)13-10-11-15-14-9(3)16(11)6-5-12-10/h5-6,8H,4,7H2,1-3H3,(H,12,13). The Morgan fingerprint density at radius 1 is 1.47 bits per heavy atom. The molecule has 0 bridgehead atoms. The Balaban J connectivity index is 2.18. The summed E-state index contributed by atoms with van der Waals surface area (Å²) < 4.78 is 7.26. The Bertz CT molecular complexity index is 496. The molecule has 2 rings (SSSR count). The molecule has 0 radical (unpaired) electrons. The lowest BCUT2D eigenvalue weighted by Crippen LogP contribution is -2.22. The van der Waals surface area contributed by atoms with Crippen LogP contribution in [0.15, 0.2) is 12.4 Å². The van der Waals surface area contributed by atoms with Gasteiger partial charge >= 0.3 is 0 Å². The van der Waals surface area contributed by atoms with Gasteiger partial charge in [0.25, 0.3) is 0 Å². The average molecular weight is 235 g/mol. The fourth-order valence-corrected chi connectivity index (χ4v) is 1.61. The molecule has 6 heteroatoms. The maximum atomic E-state index is 5.35. The van der Waals surface area contributed by atoms with Crippen molar-refractivity contribution in [2.45, 2.75) is 26.8 Å². The monoisotopic (exact) mass is 235 g/mol. The third-order valence-electron chi connectivity index (χ3n) is 2.45. The molecule has 0 spiro atoms. The van der Waals surface area contributed by atoms with Crippen molar-refractivity contribution >= 4 is 11.5 Å². The number of aryl methyl sites for hydroxylation is 1. The van der Waals surface area contributed by atoms with Crippen LogP contribution in [0.4, 0.5) is 5.82 Å². The summed E-state index contributed by atoms with van der Waals surface area (Å²) in [5.74, 6) is 1.59. The molecular formula is C11H17N5O. The highest BCUT2D eigenvalue weighted by Gasteiger charge is 2.10. The quantitative estimate of drug-likeness (QED) is 0.845. The number of nitrogens with one attached hydrogen (secondary N) is 1. The summed E-state index contributed by atoms with van der Waals surface area (Å²) >= 11 is 0. The molecule has 1 atom stereocenters. The van der Waals surface area contributed by atoms with Crippen molar-refractivity contribution in [2.75, 3.05) is 18.5 Å². The molecule has 0 amide bonds. The van der Waals surface area contributed by atoms with Crippen LogP contribution in [0, 0.1) is 6.92 Å². The number of aromatic nitrogens is 4. The van der Waals surface area contributed by atoms with Gasteiger partial charge in [-0.05, 0) is 20.8 Å². The van der Waals surface area contributed by atoms with Crippen LogP contribution < -0.4 is 5.32 Å². The van der Waals surface area contributed by atoms with Crippen molar-refractivity contribution in [3.8, 4) is 0 Å². The number of nitrogens with zero attached hydrogens (tertiary/aromatic N) is 4. The van der Waals surface area contributed by atoms with Gasteiger partial charge < -0.3 is 10.1 Å². The van der Waals surface area contributed by atoms with Crippen LogP contribution in [0.3, 0.4) is 0 Å². The van der Waals surface area contributed by atoms with E-state index in [9.17, 15) is 0 Å². The molecule has 0 aliphatic carbocycles. The SMILES string of the molecule is CCOCC(C)Nc1nccn2c(C)nnc12. The zero-order valence-corrected chi connectivity index (χ0v) is 10.3. The maximum Gasteiger partial charge on any atom is 0.203 e. The largest absolute Gasteiger partial charge is 0.380 e. The highest BCUT2D eigenvalue weighted by molar-refractivity contribution is 5.62. The number of anilines is 1. The first-order chi connectivity index (χ1) is 8.22. The normalized spacial score (nSPS) is 12.9. The second-order valence-electron chi connectivity index (χ2n) is 3.92. The Hall–Kier alpha value is -1.69. The highest BCUT2D eigenvalue weighted by atomic mass is 16.5. The van der Waals surface area contributed by atoms with E-state index in [1.165, 1.54) is 0 Å². The van der Waals surface area contributed by atoms with Crippen LogP contribution in [0.25, 0.3) is 5.65 Å². The zero-order valence-electron chi connectivity index (χ0n) is 10.3. The first-order valence-corrected chi connectivity index (χ1v) is 5.73. The molecule has 92 valence electrons. The number of hydrogen-bond donors (Lipinski definition) is 1. The topological polar surface area (TPSA) is 64.3 Å². The van der Waals surface area contributed by atoms with Crippen molar-refractivity contribution in [1.82, 2.24) is 19.6 Å². The van der Waals surface area contributed by atoms with E-state index in [-0.39, 0.29) is 6.04 Å². The molecule has 2 heterocycles. The number of fused-ring (bicyclic) bond motifs is 1. The van der Waals surface area contributed by atoms with Gasteiger partial charge in [-0.25, -0.2) is 4.98 Å². The lowest BCUT2D eigenvalue weighted by Gasteiger charge is -2.14. The van der Waals surface area contributed by atoms with Crippen LogP contribution in [0.1, 0.15) is 19.7 Å². The summed E-state index contributed by atoms with van der Waals surface area (Å²) in [6.07, 6.45) is 3.59. The third-order valence-corrected chi connectivity index (χ3v) is 2.45. The van der Waals surface area contributed by atoms with E-state index in [1.807, 2.05) is 31.4 Å². The van der Waals surface area contributed by atoms with Crippen LogP contribution in [-0.2, 0) is 4.74 Å². The fraction of sp³-hybridized carbons (Fsp3) is 0.545. The minimum absolute atomic E-state index is 0.186. The third kappa shape index (κ3) is 2.52. The van der Waals surface area contributed by atoms with Gasteiger partial charge in [0.1, 0.15) is 5.82 Å². The second-order valence-corrected chi connectivity index (χ2v) is 3.92. The summed E-state index contributed by atoms with van der Waals surface area (Å²) in [5, 5.41) is 11.4. The predicted molar refractivity (Wildman–Crippen MR) is 65.1 cm³/mol. The molecule has 1 N–H and O–H groups in total. The van der Waals surface area contributed by atoms with Crippen LogP contribution in [0.2, 0.25) is 0 Å². The minimum atomic E-state index is 0.186. The Morgan fingerprint density at radius 3 is 3.06 bits per heavy atom. The van der Waals surface area contributed by atoms with Gasteiger partial charge in [-0.15, -0.1) is 10.2 Å². The first-order valence-electron chi connectivity index (χ1n) is 5.73. The van der Waals surface area contributed by atoms with Gasteiger partial charge in [0.05, 0.1) is 6.61 Å². The van der Waals surface area contributed by atoms with Crippen molar-refractivity contribution in [3.05, 3.63) is 18.2 Å². The lowest BCUT2D eigenvalue weighted by atomic mass is 10.3. The summed E-state index contributed by atoms with van der Waals surface area (Å²) in [5.41, 5.74) is 0.744. The molecule has 0 aliphatic heterocycles. The van der Waals surface area contributed by atoms with E-state index in [0.717, 1.165) is 17.3 Å². The summed E-state index contributed by atoms with van der Waals surface area (Å²) in [6.45, 7) is 7.30. The van der Waals surface area contributed by atoms with E-state index < -0.39 is 0 Å². The molecule has 2 aromatic rings. The van der Waals surface area contributed by atoms with Gasteiger partial charge in [0, 0.05) is 25.0 Å². The van der Waals surface area contributed by atoms with Crippen molar-refractivity contribution < 1.29 is 4.74 Å². The molecule has 0 saturated carbocycles. The van der Waals surface area contributed by atoms with Crippen molar-refractivity contribution in [3.63, 3.8) is 0 Å². The molecule has 0 saturated heterocycles. The molecule has 1 unspecified atom stereocenters. The van der Waals surface area contributed by atoms with E-state index in [0.29, 0.717) is 13.2 Å². The smallest absolute Gasteiger partial charge is 0.203 e. The van der Waals surface area contributed by atoms with E-state index in [4.69, 9.17) is 4.74 Å². The first kappa shape index (κ1) is 11.8. The maximum absolute atomic E-state index is 5.35. The number of rotatable bonds is 5. The Morgan fingerprint density at radius 2 is 2.29 bits per heavy atom. The second kappa shape index (κ2) is 5.09. The van der Waals surface area contributed by atoms with Crippen LogP contribution >= 0.6 is 0 Å². The summed E-state index contributed by atoms with van der Waals surface area (Å²) in [6, 6.07) is 0.186. The number of hydrogen-bond acceptors (Lipinski definition) is 5. The molecule has 0 fully saturated rings. The van der Waals surface area contributed by atoms with Gasteiger partial charge in [0.15, 0.2) is 5.82 Å². The molecule has 0 aliphatic rings. The average Bonchev–Trinajstić information content (AvgIpc) is 2.70. The van der Waals surface area contributed by atoms with Crippen LogP contribution in [-0.4, -0.2) is 38.8 Å². The Labute approximate surface area is 100 Å². The van der Waals surface area contributed by atoms with Crippen molar-refractivity contribution in [1.29, 1.82) is 0 Å². The minimum Gasteiger partial charge on any atom is -0.380 e. The van der Waals surface area contributed by atoms with Gasteiger partial charge in [0.2, 0.25) is 5.65 Å². The van der Waals surface area contributed by atoms with E-state index in [1.54, 1.807) is 6.20 Å². The van der Waals surface area contributed by atoms with Crippen molar-refractivity contribution in [2.24, 2.45) is 0 Å². The lowest BCUT2D eigenvalue weighted by molar-refractivity contribution is 0.141. The van der Waals surface area contributed by atoms with E-state index >= 15 is 0 Å². The molecule has 2 aromatic heterocycles. The summed E-state index contributed by atoms with van der Waals surface area (Å²) in [4.78, 5) is 4.28. The molecule has 6 nitrogen and oxygen atoms in total. The Kier molecular flexibility index (Phi) is 3.53. The zero-order chi connectivity index (χ0) is 12.3. The predicted octanol–water partition coefficient (Wildman–Crippen LogP) is 1.27. The van der Waals surface area contributed by atoms with Gasteiger partial charge in [-0.3, -0.25) is 4.40 Å². The molecule has 0 aromatic carbocycles. The van der Waals surface area contributed by atoms with Gasteiger partial charge in [-0.1, -0.05) is 0 Å². The number of ether oxygens (including phenoxy) is 1. The molecular weight excluding hydrogens is 218 g/mol. The highest BCUT2D eigenvalue weighted by Crippen LogP contribution is 2.12.